The van der Waals surface area contributed by atoms with Gasteiger partial charge in [-0.15, -0.1) is 0 Å². The Kier molecular flexibility index (Phi) is 7.02. The van der Waals surface area contributed by atoms with Crippen LogP contribution in [0.25, 0.3) is 10.9 Å². The van der Waals surface area contributed by atoms with Crippen LogP contribution in [0.1, 0.15) is 44.1 Å². The predicted octanol–water partition coefficient (Wildman–Crippen LogP) is 4.33. The van der Waals surface area contributed by atoms with Gasteiger partial charge in [-0.2, -0.15) is 4.98 Å². The average Bonchev–Trinajstić information content (AvgIpc) is 3.73. The van der Waals surface area contributed by atoms with E-state index in [2.05, 4.69) is 16.0 Å². The molecule has 0 atom stereocenters. The van der Waals surface area contributed by atoms with Crippen LogP contribution in [-0.2, 0) is 16.1 Å². The Labute approximate surface area is 211 Å². The maximum atomic E-state index is 12.8. The second-order valence-corrected chi connectivity index (χ2v) is 10.2. The van der Waals surface area contributed by atoms with Gasteiger partial charge in [0.2, 0.25) is 17.8 Å². The number of fused-ring (bicyclic) bond motifs is 1. The van der Waals surface area contributed by atoms with E-state index in [9.17, 15) is 9.59 Å². The van der Waals surface area contributed by atoms with Crippen LogP contribution in [-0.4, -0.2) is 41.9 Å². The van der Waals surface area contributed by atoms with Crippen molar-refractivity contribution in [2.45, 2.75) is 51.1 Å². The highest BCUT2D eigenvalue weighted by atomic mass is 16.2. The molecule has 1 aromatic heterocycles. The Hall–Kier alpha value is -3.68. The molecule has 188 valence electrons. The van der Waals surface area contributed by atoms with Crippen molar-refractivity contribution < 1.29 is 9.59 Å². The summed E-state index contributed by atoms with van der Waals surface area (Å²) in [6.45, 7) is 0.461. The van der Waals surface area contributed by atoms with Crippen LogP contribution in [0.4, 0.5) is 17.5 Å². The van der Waals surface area contributed by atoms with Crippen molar-refractivity contribution in [2.75, 3.05) is 29.6 Å². The number of amides is 2. The molecule has 2 amide bonds. The van der Waals surface area contributed by atoms with E-state index in [0.29, 0.717) is 12.5 Å². The van der Waals surface area contributed by atoms with E-state index in [1.54, 1.807) is 0 Å². The third-order valence-corrected chi connectivity index (χ3v) is 7.05. The largest absolute Gasteiger partial charge is 0.362 e. The maximum absolute atomic E-state index is 12.8. The summed E-state index contributed by atoms with van der Waals surface area (Å²) < 4.78 is 0. The van der Waals surface area contributed by atoms with Crippen molar-refractivity contribution >= 4 is 40.2 Å². The molecule has 2 aromatic carbocycles. The van der Waals surface area contributed by atoms with E-state index in [1.807, 2.05) is 67.5 Å². The van der Waals surface area contributed by atoms with Gasteiger partial charge in [0, 0.05) is 49.6 Å². The first-order valence-electron chi connectivity index (χ1n) is 12.8. The lowest BCUT2D eigenvalue weighted by molar-refractivity contribution is -0.126. The number of rotatable bonds is 8. The van der Waals surface area contributed by atoms with Crippen LogP contribution in [0.2, 0.25) is 0 Å². The van der Waals surface area contributed by atoms with Gasteiger partial charge in [0.15, 0.2) is 0 Å². The minimum absolute atomic E-state index is 0.00987. The third-order valence-electron chi connectivity index (χ3n) is 7.05. The summed E-state index contributed by atoms with van der Waals surface area (Å²) in [6, 6.07) is 16.0. The Bertz CT molecular complexity index is 1250. The van der Waals surface area contributed by atoms with Crippen molar-refractivity contribution in [3.63, 3.8) is 0 Å². The van der Waals surface area contributed by atoms with Gasteiger partial charge in [-0.05, 0) is 68.4 Å². The van der Waals surface area contributed by atoms with E-state index >= 15 is 0 Å². The molecular weight excluding hydrogens is 452 g/mol. The van der Waals surface area contributed by atoms with E-state index in [-0.39, 0.29) is 29.7 Å². The summed E-state index contributed by atoms with van der Waals surface area (Å²) in [6.07, 6.45) is 5.41. The second kappa shape index (κ2) is 10.5. The fourth-order valence-electron chi connectivity index (χ4n) is 4.83. The zero-order valence-electron chi connectivity index (χ0n) is 21.0. The highest BCUT2D eigenvalue weighted by Gasteiger charge is 2.29. The molecule has 2 aliphatic carbocycles. The molecule has 2 aliphatic rings. The Morgan fingerprint density at radius 1 is 0.889 bits per heavy atom. The number of hydrogen-bond acceptors (Lipinski definition) is 6. The van der Waals surface area contributed by atoms with Crippen molar-refractivity contribution in [1.29, 1.82) is 0 Å². The Morgan fingerprint density at radius 3 is 2.36 bits per heavy atom. The molecule has 0 bridgehead atoms. The first kappa shape index (κ1) is 24.0. The van der Waals surface area contributed by atoms with Crippen molar-refractivity contribution in [3.05, 3.63) is 54.1 Å². The summed E-state index contributed by atoms with van der Waals surface area (Å²) in [5.74, 6) is 1.90. The van der Waals surface area contributed by atoms with Crippen LogP contribution in [0.5, 0.6) is 0 Å². The van der Waals surface area contributed by atoms with Crippen molar-refractivity contribution in [1.82, 2.24) is 15.3 Å². The zero-order valence-corrected chi connectivity index (χ0v) is 21.0. The van der Waals surface area contributed by atoms with Crippen LogP contribution < -0.4 is 20.9 Å². The first-order valence-corrected chi connectivity index (χ1v) is 12.8. The van der Waals surface area contributed by atoms with E-state index < -0.39 is 0 Å². The lowest BCUT2D eigenvalue weighted by Gasteiger charge is -2.28. The lowest BCUT2D eigenvalue weighted by Crippen LogP contribution is -2.36. The molecule has 8 nitrogen and oxygen atoms in total. The maximum Gasteiger partial charge on any atom is 0.227 e. The molecule has 0 radical (unpaired) electrons. The summed E-state index contributed by atoms with van der Waals surface area (Å²) in [7, 11) is 3.98. The number of benzene rings is 2. The predicted molar refractivity (Wildman–Crippen MR) is 143 cm³/mol. The zero-order chi connectivity index (χ0) is 25.1. The van der Waals surface area contributed by atoms with Crippen molar-refractivity contribution in [3.8, 4) is 0 Å². The Balaban J connectivity index is 1.12. The topological polar surface area (TPSA) is 99.3 Å². The molecule has 0 aliphatic heterocycles. The molecular formula is C28H34N6O2. The number of carbonyl (C=O) groups excluding carboxylic acids is 2. The summed E-state index contributed by atoms with van der Waals surface area (Å²) in [4.78, 5) is 36.3. The molecule has 2 fully saturated rings. The monoisotopic (exact) mass is 486 g/mol. The van der Waals surface area contributed by atoms with E-state index in [1.165, 1.54) is 0 Å². The van der Waals surface area contributed by atoms with Gasteiger partial charge < -0.3 is 20.9 Å². The molecule has 1 heterocycles. The number of carbonyl (C=O) groups is 2. The van der Waals surface area contributed by atoms with Crippen LogP contribution in [0, 0.1) is 11.8 Å². The van der Waals surface area contributed by atoms with E-state index in [4.69, 9.17) is 9.97 Å². The van der Waals surface area contributed by atoms with Crippen LogP contribution in [0.3, 0.4) is 0 Å². The molecule has 0 spiro atoms. The standard InChI is InChI=1S/C28H34N6O2/c1-34(2)25-23-8-3-4-9-24(23)32-28(33-25)31-21-14-12-19(13-15-21)26(35)29-17-18-6-5-7-22(16-18)30-27(36)20-10-11-20/h3-9,16,19-21H,10-15,17H2,1-2H3,(H,29,35)(H,30,36)(H,31,32,33)/t19-,21+. The van der Waals surface area contributed by atoms with Gasteiger partial charge in [0.25, 0.3) is 0 Å². The number of para-hydroxylation sites is 1. The number of aromatic nitrogens is 2. The van der Waals surface area contributed by atoms with Crippen LogP contribution >= 0.6 is 0 Å². The van der Waals surface area contributed by atoms with Crippen LogP contribution in [0.15, 0.2) is 48.5 Å². The minimum atomic E-state index is 0.00987. The summed E-state index contributed by atoms with van der Waals surface area (Å²) in [5.41, 5.74) is 2.69. The average molecular weight is 487 g/mol. The Morgan fingerprint density at radius 2 is 1.61 bits per heavy atom. The minimum Gasteiger partial charge on any atom is -0.362 e. The molecule has 5 rings (SSSR count). The fourth-order valence-corrected chi connectivity index (χ4v) is 4.83. The number of nitrogens with zero attached hydrogens (tertiary/aromatic N) is 3. The third kappa shape index (κ3) is 5.75. The van der Waals surface area contributed by atoms with Gasteiger partial charge in [0.05, 0.1) is 5.52 Å². The molecule has 2 saturated carbocycles. The molecule has 36 heavy (non-hydrogen) atoms. The lowest BCUT2D eigenvalue weighted by atomic mass is 9.85. The molecule has 0 unspecified atom stereocenters. The quantitative estimate of drug-likeness (QED) is 0.438. The van der Waals surface area contributed by atoms with Gasteiger partial charge in [-0.25, -0.2) is 4.98 Å². The van der Waals surface area contributed by atoms with Gasteiger partial charge >= 0.3 is 0 Å². The molecule has 8 heteroatoms. The summed E-state index contributed by atoms with van der Waals surface area (Å²) in [5, 5.41) is 10.6. The molecule has 3 aromatic rings. The summed E-state index contributed by atoms with van der Waals surface area (Å²) >= 11 is 0. The fraction of sp³-hybridized carbons (Fsp3) is 0.429. The highest BCUT2D eigenvalue weighted by molar-refractivity contribution is 5.94. The van der Waals surface area contributed by atoms with Gasteiger partial charge in [0.1, 0.15) is 5.82 Å². The van der Waals surface area contributed by atoms with E-state index in [0.717, 1.165) is 66.5 Å². The van der Waals surface area contributed by atoms with Crippen molar-refractivity contribution in [2.24, 2.45) is 11.8 Å². The van der Waals surface area contributed by atoms with Gasteiger partial charge in [-0.1, -0.05) is 24.3 Å². The van der Waals surface area contributed by atoms with Gasteiger partial charge in [-0.3, -0.25) is 9.59 Å². The normalized spacial score (nSPS) is 19.5. The second-order valence-electron chi connectivity index (χ2n) is 10.2. The highest BCUT2D eigenvalue weighted by Crippen LogP contribution is 2.31. The molecule has 0 saturated heterocycles. The number of hydrogen-bond donors (Lipinski definition) is 3. The smallest absolute Gasteiger partial charge is 0.227 e. The molecule has 3 N–H and O–H groups in total. The number of anilines is 3. The number of nitrogens with one attached hydrogen (secondary N) is 3. The SMILES string of the molecule is CN(C)c1nc(N[C@H]2CC[C@@H](C(=O)NCc3cccc(NC(=O)C4CC4)c3)CC2)nc2ccccc12. The first-order chi connectivity index (χ1) is 17.5.